The molecule has 0 aliphatic rings. The molecule has 1 unspecified atom stereocenters. The lowest BCUT2D eigenvalue weighted by Gasteiger charge is -2.15. The van der Waals surface area contributed by atoms with Gasteiger partial charge in [-0.3, -0.25) is 13.1 Å². The third kappa shape index (κ3) is 7.55. The van der Waals surface area contributed by atoms with E-state index in [4.69, 9.17) is 0 Å². The Morgan fingerprint density at radius 1 is 1.33 bits per heavy atom. The van der Waals surface area contributed by atoms with Crippen molar-refractivity contribution in [2.75, 3.05) is 13.6 Å². The normalized spacial score (nSPS) is 11.9. The van der Waals surface area contributed by atoms with Gasteiger partial charge in [0.05, 0.1) is 22.9 Å². The van der Waals surface area contributed by atoms with Gasteiger partial charge in [0.25, 0.3) is 5.91 Å². The fourth-order valence-electron chi connectivity index (χ4n) is 1.23. The van der Waals surface area contributed by atoms with Crippen LogP contribution in [0.4, 0.5) is 0 Å². The molecule has 0 spiro atoms. The Bertz CT molecular complexity index is 212. The van der Waals surface area contributed by atoms with Crippen molar-refractivity contribution in [2.24, 2.45) is 0 Å². The zero-order chi connectivity index (χ0) is 11.7. The van der Waals surface area contributed by atoms with Gasteiger partial charge in [0.1, 0.15) is 6.04 Å². The molecule has 0 aromatic rings. The van der Waals surface area contributed by atoms with E-state index in [-0.39, 0.29) is 11.8 Å². The minimum Gasteiger partial charge on any atom is -0.345 e. The number of carbonyl (C=O) groups excluding carboxylic acids is 2. The van der Waals surface area contributed by atoms with Gasteiger partial charge in [0.2, 0.25) is 5.91 Å². The van der Waals surface area contributed by atoms with Gasteiger partial charge in [-0.15, -0.1) is 0 Å². The van der Waals surface area contributed by atoms with Crippen LogP contribution in [0.3, 0.4) is 0 Å². The van der Waals surface area contributed by atoms with E-state index in [0.29, 0.717) is 6.42 Å². The van der Waals surface area contributed by atoms with Crippen LogP contribution in [0, 0.1) is 0 Å². The molecule has 2 amide bonds. The van der Waals surface area contributed by atoms with E-state index in [1.54, 1.807) is 22.9 Å². The highest BCUT2D eigenvalue weighted by Gasteiger charge is 2.17. The Labute approximate surface area is 104 Å². The third-order valence-electron chi connectivity index (χ3n) is 1.96. The molecule has 88 valence electrons. The Balaban J connectivity index is 3.90. The minimum atomic E-state index is -0.406. The maximum atomic E-state index is 11.4. The van der Waals surface area contributed by atoms with E-state index in [9.17, 15) is 9.59 Å². The van der Waals surface area contributed by atoms with E-state index in [1.807, 2.05) is 7.05 Å². The van der Waals surface area contributed by atoms with Crippen LogP contribution in [0.5, 0.6) is 0 Å². The molecule has 5 nitrogen and oxygen atoms in total. The lowest BCUT2D eigenvalue weighted by molar-refractivity contribution is -0.126. The fourth-order valence-corrected chi connectivity index (χ4v) is 1.61. The molecule has 0 aliphatic heterocycles. The van der Waals surface area contributed by atoms with E-state index in [2.05, 4.69) is 14.2 Å². The number of unbranched alkanes of at least 4 members (excludes halogenated alkanes) is 1. The molecule has 0 radical (unpaired) electrons. The first-order valence-electron chi connectivity index (χ1n) is 4.94. The molecule has 0 aliphatic carbocycles. The maximum absolute atomic E-state index is 11.4. The molecule has 6 heteroatoms. The number of hydrogen-bond donors (Lipinski definition) is 3. The van der Waals surface area contributed by atoms with Crippen LogP contribution in [0.2, 0.25) is 0 Å². The lowest BCUT2D eigenvalue weighted by Crippen LogP contribution is -2.43. The minimum absolute atomic E-state index is 0.143. The van der Waals surface area contributed by atoms with Crippen molar-refractivity contribution in [3.8, 4) is 0 Å². The van der Waals surface area contributed by atoms with Crippen molar-refractivity contribution >= 4 is 34.7 Å². The standard InChI is InChI=1S/C9H18IN3O2/c1-7(14)12-8(9(15)13-10)5-3-4-6-11-2/h8,11H,3-6H2,1-2H3,(H,12,14)(H,13,15). The Hall–Kier alpha value is -0.370. The number of carbonyl (C=O) groups is 2. The molecule has 15 heavy (non-hydrogen) atoms. The number of amides is 2. The first kappa shape index (κ1) is 14.6. The van der Waals surface area contributed by atoms with E-state index in [0.717, 1.165) is 19.4 Å². The maximum Gasteiger partial charge on any atom is 0.251 e. The molecule has 0 saturated heterocycles. The topological polar surface area (TPSA) is 70.2 Å². The van der Waals surface area contributed by atoms with Gasteiger partial charge in [-0.05, 0) is 32.9 Å². The molecular formula is C9H18IN3O2. The quantitative estimate of drug-likeness (QED) is 0.359. The largest absolute Gasteiger partial charge is 0.345 e. The number of rotatable bonds is 7. The van der Waals surface area contributed by atoms with E-state index in [1.165, 1.54) is 6.92 Å². The highest BCUT2D eigenvalue weighted by Crippen LogP contribution is 2.01. The summed E-state index contributed by atoms with van der Waals surface area (Å²) >= 11 is 1.78. The second kappa shape index (κ2) is 8.90. The van der Waals surface area contributed by atoms with Crippen molar-refractivity contribution in [1.29, 1.82) is 0 Å². The summed E-state index contributed by atoms with van der Waals surface area (Å²) in [6.07, 6.45) is 2.59. The summed E-state index contributed by atoms with van der Waals surface area (Å²) in [5, 5.41) is 5.67. The Kier molecular flexibility index (Phi) is 8.68. The van der Waals surface area contributed by atoms with Gasteiger partial charge >= 0.3 is 0 Å². The van der Waals surface area contributed by atoms with Gasteiger partial charge in [-0.1, -0.05) is 0 Å². The Morgan fingerprint density at radius 3 is 2.47 bits per heavy atom. The van der Waals surface area contributed by atoms with E-state index < -0.39 is 6.04 Å². The molecule has 0 fully saturated rings. The summed E-state index contributed by atoms with van der Waals surface area (Å²) in [4.78, 5) is 22.2. The second-order valence-corrected chi connectivity index (χ2v) is 3.85. The monoisotopic (exact) mass is 327 g/mol. The van der Waals surface area contributed by atoms with Crippen molar-refractivity contribution in [3.63, 3.8) is 0 Å². The van der Waals surface area contributed by atoms with Crippen molar-refractivity contribution < 1.29 is 9.59 Å². The van der Waals surface area contributed by atoms with Crippen molar-refractivity contribution in [1.82, 2.24) is 14.2 Å². The smallest absolute Gasteiger partial charge is 0.251 e. The summed E-state index contributed by atoms with van der Waals surface area (Å²) in [5.74, 6) is -0.316. The van der Waals surface area contributed by atoms with Crippen LogP contribution in [0.1, 0.15) is 26.2 Å². The summed E-state index contributed by atoms with van der Waals surface area (Å²) in [6, 6.07) is -0.406. The molecule has 0 rings (SSSR count). The zero-order valence-electron chi connectivity index (χ0n) is 9.10. The predicted octanol–water partition coefficient (Wildman–Crippen LogP) is 0.347. The average molecular weight is 327 g/mol. The lowest BCUT2D eigenvalue weighted by atomic mass is 10.1. The molecule has 0 bridgehead atoms. The fraction of sp³-hybridized carbons (Fsp3) is 0.778. The summed E-state index contributed by atoms with van der Waals surface area (Å²) in [5.41, 5.74) is 0. The molecule has 3 N–H and O–H groups in total. The van der Waals surface area contributed by atoms with Crippen LogP contribution in [-0.2, 0) is 9.59 Å². The molecule has 0 saturated carbocycles. The van der Waals surface area contributed by atoms with Gasteiger partial charge < -0.3 is 10.6 Å². The first-order valence-corrected chi connectivity index (χ1v) is 6.02. The summed E-state index contributed by atoms with van der Waals surface area (Å²) in [6.45, 7) is 2.35. The SMILES string of the molecule is CNCCCCC(NC(C)=O)C(=O)NI. The summed E-state index contributed by atoms with van der Waals surface area (Å²) in [7, 11) is 1.89. The number of hydrogen-bond acceptors (Lipinski definition) is 3. The highest BCUT2D eigenvalue weighted by molar-refractivity contribution is 14.1. The molecule has 1 atom stereocenters. The summed E-state index contributed by atoms with van der Waals surface area (Å²) < 4.78 is 2.51. The molecule has 0 aromatic carbocycles. The van der Waals surface area contributed by atoms with Gasteiger partial charge in [0, 0.05) is 6.92 Å². The van der Waals surface area contributed by atoms with Crippen molar-refractivity contribution in [2.45, 2.75) is 32.2 Å². The van der Waals surface area contributed by atoms with Crippen LogP contribution in [-0.4, -0.2) is 31.4 Å². The second-order valence-electron chi connectivity index (χ2n) is 3.31. The van der Waals surface area contributed by atoms with Gasteiger partial charge in [-0.25, -0.2) is 0 Å². The first-order chi connectivity index (χ1) is 7.11. The molecular weight excluding hydrogens is 309 g/mol. The average Bonchev–Trinajstić information content (AvgIpc) is 2.21. The van der Waals surface area contributed by atoms with Gasteiger partial charge in [0.15, 0.2) is 0 Å². The van der Waals surface area contributed by atoms with Crippen molar-refractivity contribution in [3.05, 3.63) is 0 Å². The predicted molar refractivity (Wildman–Crippen MR) is 67.5 cm³/mol. The molecule has 0 aromatic heterocycles. The Morgan fingerprint density at radius 2 is 2.00 bits per heavy atom. The number of halogens is 1. The van der Waals surface area contributed by atoms with Crippen LogP contribution in [0.25, 0.3) is 0 Å². The van der Waals surface area contributed by atoms with E-state index >= 15 is 0 Å². The third-order valence-corrected chi connectivity index (χ3v) is 2.49. The number of nitrogens with one attached hydrogen (secondary N) is 3. The van der Waals surface area contributed by atoms with Crippen LogP contribution in [0.15, 0.2) is 0 Å². The zero-order valence-corrected chi connectivity index (χ0v) is 11.3. The van der Waals surface area contributed by atoms with Gasteiger partial charge in [-0.2, -0.15) is 0 Å². The molecule has 0 heterocycles. The highest BCUT2D eigenvalue weighted by atomic mass is 127. The van der Waals surface area contributed by atoms with Crippen LogP contribution < -0.4 is 14.2 Å². The van der Waals surface area contributed by atoms with Crippen LogP contribution >= 0.6 is 22.9 Å².